The summed E-state index contributed by atoms with van der Waals surface area (Å²) in [5.74, 6) is -0.0486. The van der Waals surface area contributed by atoms with Crippen LogP contribution in [0.25, 0.3) is 11.0 Å². The van der Waals surface area contributed by atoms with Gasteiger partial charge >= 0.3 is 0 Å². The minimum Gasteiger partial charge on any atom is -0.350 e. The zero-order chi connectivity index (χ0) is 15.7. The minimum absolute atomic E-state index is 0.0486. The molecule has 1 atom stereocenters. The Balaban J connectivity index is 1.87. The van der Waals surface area contributed by atoms with Gasteiger partial charge in [0.15, 0.2) is 5.65 Å². The lowest BCUT2D eigenvalue weighted by molar-refractivity contribution is 0.0952. The van der Waals surface area contributed by atoms with Gasteiger partial charge in [0.2, 0.25) is 0 Å². The van der Waals surface area contributed by atoms with Gasteiger partial charge in [-0.3, -0.25) is 4.79 Å². The van der Waals surface area contributed by atoms with E-state index in [0.717, 1.165) is 29.7 Å². The lowest BCUT2D eigenvalue weighted by Gasteiger charge is -2.12. The van der Waals surface area contributed by atoms with Crippen molar-refractivity contribution in [2.45, 2.75) is 45.7 Å². The molecule has 0 aliphatic carbocycles. The summed E-state index contributed by atoms with van der Waals surface area (Å²) in [5.41, 5.74) is 2.27. The van der Waals surface area contributed by atoms with Crippen LogP contribution in [0, 0.1) is 6.92 Å². The molecule has 1 aliphatic heterocycles. The highest BCUT2D eigenvalue weighted by atomic mass is 16.1. The van der Waals surface area contributed by atoms with Gasteiger partial charge in [-0.25, -0.2) is 9.67 Å². The number of nitrogens with zero attached hydrogens (tertiary/aromatic N) is 3. The van der Waals surface area contributed by atoms with E-state index in [9.17, 15) is 4.79 Å². The zero-order valence-electron chi connectivity index (χ0n) is 13.4. The van der Waals surface area contributed by atoms with Crippen LogP contribution in [-0.2, 0) is 0 Å². The molecule has 1 aliphatic rings. The monoisotopic (exact) mass is 301 g/mol. The average molecular weight is 301 g/mol. The number of pyridine rings is 1. The van der Waals surface area contributed by atoms with E-state index in [-0.39, 0.29) is 11.9 Å². The molecule has 1 unspecified atom stereocenters. The van der Waals surface area contributed by atoms with Crippen molar-refractivity contribution in [2.24, 2.45) is 0 Å². The Kier molecular flexibility index (Phi) is 4.11. The second-order valence-corrected chi connectivity index (χ2v) is 6.23. The van der Waals surface area contributed by atoms with Gasteiger partial charge in [0.25, 0.3) is 5.91 Å². The molecule has 0 spiro atoms. The summed E-state index contributed by atoms with van der Waals surface area (Å²) in [7, 11) is 0. The number of aryl methyl sites for hydroxylation is 1. The van der Waals surface area contributed by atoms with Crippen molar-refractivity contribution in [2.75, 3.05) is 13.1 Å². The molecule has 2 N–H and O–H groups in total. The van der Waals surface area contributed by atoms with Gasteiger partial charge in [0.05, 0.1) is 17.1 Å². The van der Waals surface area contributed by atoms with Crippen LogP contribution in [0.5, 0.6) is 0 Å². The number of nitrogens with one attached hydrogen (secondary N) is 2. The molecule has 1 saturated heterocycles. The molecular weight excluding hydrogens is 278 g/mol. The minimum atomic E-state index is -0.0486. The summed E-state index contributed by atoms with van der Waals surface area (Å²) in [6, 6.07) is 2.44. The Bertz CT molecular complexity index is 685. The largest absolute Gasteiger partial charge is 0.350 e. The third kappa shape index (κ3) is 2.83. The van der Waals surface area contributed by atoms with Crippen LogP contribution in [0.15, 0.2) is 12.3 Å². The molecular formula is C16H23N5O. The number of carbonyl (C=O) groups excluding carboxylic acids is 1. The second-order valence-electron chi connectivity index (χ2n) is 6.23. The van der Waals surface area contributed by atoms with Gasteiger partial charge < -0.3 is 10.6 Å². The Labute approximate surface area is 130 Å². The van der Waals surface area contributed by atoms with Crippen LogP contribution >= 0.6 is 0 Å². The predicted octanol–water partition coefficient (Wildman–Crippen LogP) is 1.80. The Morgan fingerprint density at radius 3 is 3.05 bits per heavy atom. The van der Waals surface area contributed by atoms with Gasteiger partial charge in [-0.2, -0.15) is 5.10 Å². The molecule has 2 aromatic heterocycles. The third-order valence-electron chi connectivity index (χ3n) is 4.10. The zero-order valence-corrected chi connectivity index (χ0v) is 13.4. The highest BCUT2D eigenvalue weighted by molar-refractivity contribution is 6.05. The van der Waals surface area contributed by atoms with E-state index in [4.69, 9.17) is 0 Å². The van der Waals surface area contributed by atoms with Crippen molar-refractivity contribution in [3.63, 3.8) is 0 Å². The van der Waals surface area contributed by atoms with Gasteiger partial charge in [-0.1, -0.05) is 0 Å². The van der Waals surface area contributed by atoms with Crippen LogP contribution in [0.3, 0.4) is 0 Å². The second kappa shape index (κ2) is 6.04. The van der Waals surface area contributed by atoms with Crippen molar-refractivity contribution >= 4 is 16.9 Å². The molecule has 0 radical (unpaired) electrons. The summed E-state index contributed by atoms with van der Waals surface area (Å²) in [6.45, 7) is 7.73. The van der Waals surface area contributed by atoms with Crippen LogP contribution in [0.4, 0.5) is 0 Å². The summed E-state index contributed by atoms with van der Waals surface area (Å²) >= 11 is 0. The van der Waals surface area contributed by atoms with Gasteiger partial charge in [-0.15, -0.1) is 0 Å². The van der Waals surface area contributed by atoms with E-state index >= 15 is 0 Å². The highest BCUT2D eigenvalue weighted by Crippen LogP contribution is 2.21. The first kappa shape index (κ1) is 15.0. The smallest absolute Gasteiger partial charge is 0.252 e. The lowest BCUT2D eigenvalue weighted by Crippen LogP contribution is -2.37. The molecule has 0 aromatic carbocycles. The lowest BCUT2D eigenvalue weighted by atomic mass is 10.1. The van der Waals surface area contributed by atoms with Crippen molar-refractivity contribution in [1.82, 2.24) is 25.4 Å². The maximum absolute atomic E-state index is 12.5. The van der Waals surface area contributed by atoms with Gasteiger partial charge in [0.1, 0.15) is 0 Å². The number of hydrogen-bond acceptors (Lipinski definition) is 4. The fraction of sp³-hybridized carbons (Fsp3) is 0.562. The normalized spacial score (nSPS) is 18.3. The quantitative estimate of drug-likeness (QED) is 0.903. The fourth-order valence-electron chi connectivity index (χ4n) is 2.95. The van der Waals surface area contributed by atoms with Crippen molar-refractivity contribution in [3.05, 3.63) is 23.5 Å². The summed E-state index contributed by atoms with van der Waals surface area (Å²) in [5, 5.41) is 11.6. The molecule has 6 nitrogen and oxygen atoms in total. The maximum Gasteiger partial charge on any atom is 0.252 e. The molecule has 1 fully saturated rings. The average Bonchev–Trinajstić information content (AvgIpc) is 3.12. The van der Waals surface area contributed by atoms with Crippen molar-refractivity contribution < 1.29 is 4.79 Å². The molecule has 0 saturated carbocycles. The van der Waals surface area contributed by atoms with Gasteiger partial charge in [-0.05, 0) is 46.2 Å². The molecule has 0 bridgehead atoms. The van der Waals surface area contributed by atoms with E-state index in [1.807, 2.05) is 17.7 Å². The van der Waals surface area contributed by atoms with Crippen LogP contribution in [0.1, 0.15) is 48.8 Å². The van der Waals surface area contributed by atoms with E-state index in [1.54, 1.807) is 6.20 Å². The summed E-state index contributed by atoms with van der Waals surface area (Å²) < 4.78 is 1.86. The molecule has 118 valence electrons. The van der Waals surface area contributed by atoms with Crippen molar-refractivity contribution in [3.8, 4) is 0 Å². The number of hydrogen-bond donors (Lipinski definition) is 2. The predicted molar refractivity (Wildman–Crippen MR) is 86.0 cm³/mol. The van der Waals surface area contributed by atoms with E-state index in [0.29, 0.717) is 18.2 Å². The Hall–Kier alpha value is -1.95. The molecule has 3 heterocycles. The van der Waals surface area contributed by atoms with E-state index in [1.165, 1.54) is 6.42 Å². The molecule has 1 amide bonds. The standard InChI is InChI=1S/C16H23N5O/c1-10(2)21-15-14(9-19-21)13(7-11(3)20-15)16(22)18-8-12-5-4-6-17-12/h7,9-10,12,17H,4-6,8H2,1-3H3,(H,18,22). The third-order valence-corrected chi connectivity index (χ3v) is 4.10. The van der Waals surface area contributed by atoms with Crippen LogP contribution in [0.2, 0.25) is 0 Å². The first-order chi connectivity index (χ1) is 10.6. The van der Waals surface area contributed by atoms with Crippen molar-refractivity contribution in [1.29, 1.82) is 0 Å². The van der Waals surface area contributed by atoms with Crippen LogP contribution < -0.4 is 10.6 Å². The SMILES string of the molecule is Cc1cc(C(=O)NCC2CCCN2)c2cnn(C(C)C)c2n1. The highest BCUT2D eigenvalue weighted by Gasteiger charge is 2.19. The number of fused-ring (bicyclic) bond motifs is 1. The van der Waals surface area contributed by atoms with E-state index in [2.05, 4.69) is 34.6 Å². The number of aromatic nitrogens is 3. The van der Waals surface area contributed by atoms with Crippen LogP contribution in [-0.4, -0.2) is 39.8 Å². The molecule has 22 heavy (non-hydrogen) atoms. The molecule has 3 rings (SSSR count). The molecule has 2 aromatic rings. The van der Waals surface area contributed by atoms with E-state index < -0.39 is 0 Å². The maximum atomic E-state index is 12.5. The summed E-state index contributed by atoms with van der Waals surface area (Å²) in [4.78, 5) is 17.1. The Morgan fingerprint density at radius 1 is 1.55 bits per heavy atom. The first-order valence-corrected chi connectivity index (χ1v) is 7.92. The van der Waals surface area contributed by atoms with Gasteiger partial charge in [0, 0.05) is 24.3 Å². The molecule has 6 heteroatoms. The summed E-state index contributed by atoms with van der Waals surface area (Å²) in [6.07, 6.45) is 4.04. The number of amides is 1. The number of rotatable bonds is 4. The topological polar surface area (TPSA) is 71.8 Å². The fourth-order valence-corrected chi connectivity index (χ4v) is 2.95. The Morgan fingerprint density at radius 2 is 2.36 bits per heavy atom. The number of carbonyl (C=O) groups is 1. The first-order valence-electron chi connectivity index (χ1n) is 7.92.